The standard InChI is InChI=1S/C9H10O3/c10-6-5-7-1-3-8(4-2-7)9(11)12/h1-4,10H,5-6H2,(H,11,12)/p-1. The molecule has 0 aliphatic rings. The number of rotatable bonds is 3. The van der Waals surface area contributed by atoms with E-state index in [4.69, 9.17) is 5.11 Å². The Labute approximate surface area is 70.3 Å². The summed E-state index contributed by atoms with van der Waals surface area (Å²) in [5.41, 5.74) is 1.08. The second-order valence-electron chi connectivity index (χ2n) is 2.46. The Kier molecular flexibility index (Phi) is 2.82. The molecule has 0 heterocycles. The smallest absolute Gasteiger partial charge is 0.0715 e. The number of hydrogen-bond donors (Lipinski definition) is 1. The molecule has 3 nitrogen and oxygen atoms in total. The molecular formula is C9H9O3-. The Morgan fingerprint density at radius 2 is 1.92 bits per heavy atom. The number of carboxylic acid groups (broad SMARTS) is 1. The summed E-state index contributed by atoms with van der Waals surface area (Å²) in [4.78, 5) is 10.3. The Bertz CT molecular complexity index is 264. The monoisotopic (exact) mass is 165 g/mol. The summed E-state index contributed by atoms with van der Waals surface area (Å²) in [7, 11) is 0. The molecule has 0 saturated carbocycles. The minimum Gasteiger partial charge on any atom is -0.545 e. The van der Waals surface area contributed by atoms with Crippen molar-refractivity contribution in [2.75, 3.05) is 6.61 Å². The molecule has 1 aromatic carbocycles. The van der Waals surface area contributed by atoms with Crippen LogP contribution in [0.1, 0.15) is 15.9 Å². The van der Waals surface area contributed by atoms with E-state index in [1.807, 2.05) is 0 Å². The minimum atomic E-state index is -1.18. The molecule has 3 heteroatoms. The average molecular weight is 165 g/mol. The van der Waals surface area contributed by atoms with Crippen LogP contribution < -0.4 is 5.11 Å². The molecule has 0 spiro atoms. The maximum Gasteiger partial charge on any atom is 0.0715 e. The second-order valence-corrected chi connectivity index (χ2v) is 2.46. The molecule has 0 aliphatic carbocycles. The average Bonchev–Trinajstić information content (AvgIpc) is 2.06. The van der Waals surface area contributed by atoms with Gasteiger partial charge in [0.1, 0.15) is 0 Å². The van der Waals surface area contributed by atoms with Gasteiger partial charge in [-0.15, -0.1) is 0 Å². The fraction of sp³-hybridized carbons (Fsp3) is 0.222. The number of carbonyl (C=O) groups excluding carboxylic acids is 1. The minimum absolute atomic E-state index is 0.0741. The molecule has 64 valence electrons. The lowest BCUT2D eigenvalue weighted by atomic mass is 10.1. The van der Waals surface area contributed by atoms with E-state index in [0.717, 1.165) is 5.56 Å². The number of aliphatic hydroxyl groups is 1. The SMILES string of the molecule is O=C([O-])c1ccc(CCO)cc1. The van der Waals surface area contributed by atoms with E-state index < -0.39 is 5.97 Å². The van der Waals surface area contributed by atoms with E-state index >= 15 is 0 Å². The van der Waals surface area contributed by atoms with Crippen LogP contribution >= 0.6 is 0 Å². The van der Waals surface area contributed by atoms with E-state index in [0.29, 0.717) is 6.42 Å². The van der Waals surface area contributed by atoms with Gasteiger partial charge in [-0.3, -0.25) is 0 Å². The summed E-state index contributed by atoms with van der Waals surface area (Å²) in [5.74, 6) is -1.18. The lowest BCUT2D eigenvalue weighted by molar-refractivity contribution is -0.255. The van der Waals surface area contributed by atoms with E-state index in [9.17, 15) is 9.90 Å². The Hall–Kier alpha value is -1.35. The highest BCUT2D eigenvalue weighted by Gasteiger charge is 1.93. The van der Waals surface area contributed by atoms with Gasteiger partial charge >= 0.3 is 0 Å². The fourth-order valence-corrected chi connectivity index (χ4v) is 0.937. The second kappa shape index (κ2) is 3.88. The van der Waals surface area contributed by atoms with Crippen molar-refractivity contribution in [1.82, 2.24) is 0 Å². The fourth-order valence-electron chi connectivity index (χ4n) is 0.937. The van der Waals surface area contributed by atoms with E-state index in [2.05, 4.69) is 0 Å². The van der Waals surface area contributed by atoms with Crippen LogP contribution in [0.25, 0.3) is 0 Å². The summed E-state index contributed by atoms with van der Waals surface area (Å²) < 4.78 is 0. The molecule has 0 aromatic heterocycles. The van der Waals surface area contributed by atoms with Crippen molar-refractivity contribution >= 4 is 5.97 Å². The van der Waals surface area contributed by atoms with Crippen molar-refractivity contribution in [1.29, 1.82) is 0 Å². The van der Waals surface area contributed by atoms with Crippen molar-refractivity contribution in [2.24, 2.45) is 0 Å². The Morgan fingerprint density at radius 1 is 1.33 bits per heavy atom. The van der Waals surface area contributed by atoms with Gasteiger partial charge in [-0.1, -0.05) is 24.3 Å². The van der Waals surface area contributed by atoms with Gasteiger partial charge in [0.2, 0.25) is 0 Å². The molecule has 1 aromatic rings. The highest BCUT2D eigenvalue weighted by molar-refractivity contribution is 5.85. The molecular weight excluding hydrogens is 156 g/mol. The normalized spacial score (nSPS) is 9.75. The predicted octanol–water partition coefficient (Wildman–Crippen LogP) is -0.415. The van der Waals surface area contributed by atoms with Crippen LogP contribution in [0.4, 0.5) is 0 Å². The van der Waals surface area contributed by atoms with Crippen molar-refractivity contribution in [3.8, 4) is 0 Å². The zero-order valence-corrected chi connectivity index (χ0v) is 6.49. The number of carboxylic acids is 1. The van der Waals surface area contributed by atoms with Crippen molar-refractivity contribution < 1.29 is 15.0 Å². The Morgan fingerprint density at radius 3 is 2.33 bits per heavy atom. The van der Waals surface area contributed by atoms with Crippen LogP contribution in [0.3, 0.4) is 0 Å². The molecule has 1 rings (SSSR count). The first-order valence-electron chi connectivity index (χ1n) is 3.65. The van der Waals surface area contributed by atoms with Gasteiger partial charge in [0.25, 0.3) is 0 Å². The highest BCUT2D eigenvalue weighted by atomic mass is 16.4. The Balaban J connectivity index is 2.78. The van der Waals surface area contributed by atoms with Gasteiger partial charge in [-0.25, -0.2) is 0 Å². The van der Waals surface area contributed by atoms with E-state index in [1.165, 1.54) is 12.1 Å². The molecule has 0 aliphatic heterocycles. The summed E-state index contributed by atoms with van der Waals surface area (Å²) in [6, 6.07) is 6.28. The first kappa shape index (κ1) is 8.74. The molecule has 0 radical (unpaired) electrons. The maximum atomic E-state index is 10.3. The van der Waals surface area contributed by atoms with Crippen LogP contribution in [-0.4, -0.2) is 17.7 Å². The molecule has 0 unspecified atom stereocenters. The quantitative estimate of drug-likeness (QED) is 0.662. The lowest BCUT2D eigenvalue weighted by Gasteiger charge is -2.02. The topological polar surface area (TPSA) is 60.4 Å². The molecule has 0 amide bonds. The largest absolute Gasteiger partial charge is 0.545 e. The maximum absolute atomic E-state index is 10.3. The van der Waals surface area contributed by atoms with Gasteiger partial charge in [-0.05, 0) is 17.5 Å². The van der Waals surface area contributed by atoms with Crippen LogP contribution in [0.2, 0.25) is 0 Å². The third-order valence-corrected chi connectivity index (χ3v) is 1.59. The summed E-state index contributed by atoms with van der Waals surface area (Å²) >= 11 is 0. The first-order chi connectivity index (χ1) is 5.74. The summed E-state index contributed by atoms with van der Waals surface area (Å²) in [6.07, 6.45) is 0.549. The van der Waals surface area contributed by atoms with Crippen molar-refractivity contribution in [3.05, 3.63) is 35.4 Å². The van der Waals surface area contributed by atoms with Gasteiger partial charge in [0, 0.05) is 6.61 Å². The van der Waals surface area contributed by atoms with Gasteiger partial charge < -0.3 is 15.0 Å². The van der Waals surface area contributed by atoms with Gasteiger partial charge in [0.15, 0.2) is 0 Å². The molecule has 0 fully saturated rings. The van der Waals surface area contributed by atoms with Crippen LogP contribution in [0.15, 0.2) is 24.3 Å². The highest BCUT2D eigenvalue weighted by Crippen LogP contribution is 2.03. The first-order valence-corrected chi connectivity index (χ1v) is 3.65. The molecule has 12 heavy (non-hydrogen) atoms. The third kappa shape index (κ3) is 2.07. The van der Waals surface area contributed by atoms with E-state index in [-0.39, 0.29) is 12.2 Å². The van der Waals surface area contributed by atoms with Gasteiger partial charge in [0.05, 0.1) is 5.97 Å². The number of hydrogen-bond acceptors (Lipinski definition) is 3. The zero-order valence-electron chi connectivity index (χ0n) is 6.49. The number of aliphatic hydroxyl groups excluding tert-OH is 1. The molecule has 0 atom stereocenters. The summed E-state index contributed by atoms with van der Waals surface area (Å²) in [5, 5.41) is 18.9. The predicted molar refractivity (Wildman–Crippen MR) is 41.6 cm³/mol. The van der Waals surface area contributed by atoms with Gasteiger partial charge in [-0.2, -0.15) is 0 Å². The van der Waals surface area contributed by atoms with Crippen LogP contribution in [0.5, 0.6) is 0 Å². The lowest BCUT2D eigenvalue weighted by Crippen LogP contribution is -2.22. The van der Waals surface area contributed by atoms with Crippen molar-refractivity contribution in [3.63, 3.8) is 0 Å². The molecule has 1 N–H and O–H groups in total. The zero-order chi connectivity index (χ0) is 8.97. The summed E-state index contributed by atoms with van der Waals surface area (Å²) in [6.45, 7) is 0.0741. The number of carbonyl (C=O) groups is 1. The van der Waals surface area contributed by atoms with Crippen LogP contribution in [0, 0.1) is 0 Å². The number of benzene rings is 1. The molecule has 0 bridgehead atoms. The third-order valence-electron chi connectivity index (χ3n) is 1.59. The van der Waals surface area contributed by atoms with Crippen LogP contribution in [-0.2, 0) is 6.42 Å². The van der Waals surface area contributed by atoms with E-state index in [1.54, 1.807) is 12.1 Å². The number of aromatic carboxylic acids is 1. The molecule has 0 saturated heterocycles. The van der Waals surface area contributed by atoms with Crippen molar-refractivity contribution in [2.45, 2.75) is 6.42 Å².